The number of rotatable bonds is 5. The number of benzene rings is 1. The number of carbonyl (C=O) groups is 2. The number of carbonyl (C=O) groups excluding carboxylic acids is 2. The maximum Gasteiger partial charge on any atom is 0.288 e. The molecule has 1 aromatic heterocycles. The number of nitrogens with one attached hydrogen (secondary N) is 2. The van der Waals surface area contributed by atoms with E-state index >= 15 is 0 Å². The quantitative estimate of drug-likeness (QED) is 0.752. The molecule has 0 bridgehead atoms. The number of aryl methyl sites for hydroxylation is 1. The normalized spacial score (nSPS) is 11.2. The van der Waals surface area contributed by atoms with Gasteiger partial charge in [0, 0.05) is 13.2 Å². The van der Waals surface area contributed by atoms with Crippen molar-refractivity contribution in [3.8, 4) is 0 Å². The Labute approximate surface area is 145 Å². The van der Waals surface area contributed by atoms with E-state index in [9.17, 15) is 18.0 Å². The first-order valence-electron chi connectivity index (χ1n) is 7.34. The molecule has 0 radical (unpaired) electrons. The predicted octanol–water partition coefficient (Wildman–Crippen LogP) is 0.472. The number of nitrogens with zero attached hydrogens (tertiary/aromatic N) is 2. The smallest absolute Gasteiger partial charge is 0.272 e. The molecule has 1 aromatic carbocycles. The molecule has 0 saturated heterocycles. The molecule has 0 unspecified atom stereocenters. The van der Waals surface area contributed by atoms with Crippen LogP contribution in [-0.2, 0) is 14.8 Å². The summed E-state index contributed by atoms with van der Waals surface area (Å²) in [4.78, 5) is 27.6. The van der Waals surface area contributed by atoms with E-state index in [0.29, 0.717) is 0 Å². The largest absolute Gasteiger partial charge is 0.288 e. The van der Waals surface area contributed by atoms with Gasteiger partial charge in [0.25, 0.3) is 11.8 Å². The molecule has 0 atom stereocenters. The third-order valence-electron chi connectivity index (χ3n) is 3.31. The molecule has 2 aromatic rings. The molecule has 1 heterocycles. The summed E-state index contributed by atoms with van der Waals surface area (Å²) in [6, 6.07) is 11.1. The van der Waals surface area contributed by atoms with Gasteiger partial charge in [-0.3, -0.25) is 25.4 Å². The van der Waals surface area contributed by atoms with E-state index in [4.69, 9.17) is 0 Å². The van der Waals surface area contributed by atoms with Gasteiger partial charge in [0.15, 0.2) is 0 Å². The highest BCUT2D eigenvalue weighted by Crippen LogP contribution is 2.14. The molecule has 2 amide bonds. The second kappa shape index (κ2) is 7.86. The molecule has 0 aliphatic rings. The molecule has 0 aliphatic heterocycles. The maximum atomic E-state index is 12.4. The Bertz CT molecular complexity index is 851. The lowest BCUT2D eigenvalue weighted by molar-refractivity contribution is -0.121. The first kappa shape index (κ1) is 18.6. The SMILES string of the molecule is Cc1ccc(S(=O)(=O)N(C)CC(=O)NNC(=O)c2ccccn2)cc1. The summed E-state index contributed by atoms with van der Waals surface area (Å²) >= 11 is 0. The van der Waals surface area contributed by atoms with Crippen LogP contribution in [0.15, 0.2) is 53.6 Å². The Morgan fingerprint density at radius 3 is 2.36 bits per heavy atom. The van der Waals surface area contributed by atoms with Crippen LogP contribution in [0.3, 0.4) is 0 Å². The molecule has 0 saturated carbocycles. The maximum absolute atomic E-state index is 12.4. The highest BCUT2D eigenvalue weighted by molar-refractivity contribution is 7.89. The van der Waals surface area contributed by atoms with Crippen molar-refractivity contribution < 1.29 is 18.0 Å². The number of pyridine rings is 1. The molecule has 9 heteroatoms. The molecule has 132 valence electrons. The number of hydrogen-bond acceptors (Lipinski definition) is 5. The van der Waals surface area contributed by atoms with Crippen LogP contribution in [0.5, 0.6) is 0 Å². The van der Waals surface area contributed by atoms with Gasteiger partial charge >= 0.3 is 0 Å². The Kier molecular flexibility index (Phi) is 5.84. The van der Waals surface area contributed by atoms with Crippen molar-refractivity contribution in [2.24, 2.45) is 0 Å². The third kappa shape index (κ3) is 4.85. The van der Waals surface area contributed by atoms with Crippen molar-refractivity contribution >= 4 is 21.8 Å². The lowest BCUT2D eigenvalue weighted by Gasteiger charge is -2.17. The number of amides is 2. The van der Waals surface area contributed by atoms with Crippen molar-refractivity contribution in [3.63, 3.8) is 0 Å². The number of sulfonamides is 1. The van der Waals surface area contributed by atoms with Gasteiger partial charge in [-0.2, -0.15) is 4.31 Å². The van der Waals surface area contributed by atoms with Gasteiger partial charge in [0.05, 0.1) is 11.4 Å². The second-order valence-electron chi connectivity index (χ2n) is 5.29. The van der Waals surface area contributed by atoms with Gasteiger partial charge in [-0.15, -0.1) is 0 Å². The van der Waals surface area contributed by atoms with Crippen LogP contribution in [0.1, 0.15) is 16.1 Å². The first-order chi connectivity index (χ1) is 11.8. The standard InChI is InChI=1S/C16H18N4O4S/c1-12-6-8-13(9-7-12)25(23,24)20(2)11-15(21)18-19-16(22)14-5-3-4-10-17-14/h3-10H,11H2,1-2H3,(H,18,21)(H,19,22). The summed E-state index contributed by atoms with van der Waals surface area (Å²) in [6.45, 7) is 1.40. The van der Waals surface area contributed by atoms with Crippen LogP contribution < -0.4 is 10.9 Å². The Morgan fingerprint density at radius 1 is 1.08 bits per heavy atom. The molecular weight excluding hydrogens is 344 g/mol. The van der Waals surface area contributed by atoms with Crippen LogP contribution in [0, 0.1) is 6.92 Å². The molecule has 0 spiro atoms. The summed E-state index contributed by atoms with van der Waals surface area (Å²) in [5, 5.41) is 0. The second-order valence-corrected chi connectivity index (χ2v) is 7.34. The van der Waals surface area contributed by atoms with Crippen LogP contribution in [0.25, 0.3) is 0 Å². The Morgan fingerprint density at radius 2 is 1.76 bits per heavy atom. The third-order valence-corrected chi connectivity index (χ3v) is 5.13. The molecule has 0 fully saturated rings. The highest BCUT2D eigenvalue weighted by Gasteiger charge is 2.23. The van der Waals surface area contributed by atoms with E-state index in [1.165, 1.54) is 31.4 Å². The van der Waals surface area contributed by atoms with E-state index in [2.05, 4.69) is 15.8 Å². The zero-order valence-corrected chi connectivity index (χ0v) is 14.6. The number of likely N-dealkylation sites (N-methyl/N-ethyl adjacent to an activating group) is 1. The van der Waals surface area contributed by atoms with E-state index in [0.717, 1.165) is 9.87 Å². The fourth-order valence-corrected chi connectivity index (χ4v) is 3.03. The molecule has 2 rings (SSSR count). The lowest BCUT2D eigenvalue weighted by atomic mass is 10.2. The van der Waals surface area contributed by atoms with Gasteiger partial charge in [0.1, 0.15) is 5.69 Å². The van der Waals surface area contributed by atoms with Crippen molar-refractivity contribution in [1.29, 1.82) is 0 Å². The summed E-state index contributed by atoms with van der Waals surface area (Å²) in [5.74, 6) is -1.28. The fourth-order valence-electron chi connectivity index (χ4n) is 1.90. The summed E-state index contributed by atoms with van der Waals surface area (Å²) in [5.41, 5.74) is 5.40. The van der Waals surface area contributed by atoms with Gasteiger partial charge in [-0.05, 0) is 31.2 Å². The number of hydrogen-bond donors (Lipinski definition) is 2. The van der Waals surface area contributed by atoms with Gasteiger partial charge in [-0.25, -0.2) is 8.42 Å². The van der Waals surface area contributed by atoms with Crippen molar-refractivity contribution in [2.45, 2.75) is 11.8 Å². The zero-order valence-electron chi connectivity index (χ0n) is 13.8. The zero-order chi connectivity index (χ0) is 18.4. The average Bonchev–Trinajstić information content (AvgIpc) is 2.60. The highest BCUT2D eigenvalue weighted by atomic mass is 32.2. The Balaban J connectivity index is 1.93. The first-order valence-corrected chi connectivity index (χ1v) is 8.78. The molecular formula is C16H18N4O4S. The van der Waals surface area contributed by atoms with E-state index in [1.54, 1.807) is 24.3 Å². The van der Waals surface area contributed by atoms with Gasteiger partial charge in [-0.1, -0.05) is 23.8 Å². The lowest BCUT2D eigenvalue weighted by Crippen LogP contribution is -2.46. The van der Waals surface area contributed by atoms with Crippen LogP contribution in [0.2, 0.25) is 0 Å². The molecule has 8 nitrogen and oxygen atoms in total. The van der Waals surface area contributed by atoms with Crippen LogP contribution in [-0.4, -0.2) is 43.1 Å². The van der Waals surface area contributed by atoms with Crippen LogP contribution >= 0.6 is 0 Å². The van der Waals surface area contributed by atoms with Crippen molar-refractivity contribution in [1.82, 2.24) is 20.1 Å². The fraction of sp³-hybridized carbons (Fsp3) is 0.188. The molecule has 2 N–H and O–H groups in total. The Hall–Kier alpha value is -2.78. The minimum atomic E-state index is -3.79. The van der Waals surface area contributed by atoms with Gasteiger partial charge < -0.3 is 0 Å². The number of aromatic nitrogens is 1. The van der Waals surface area contributed by atoms with E-state index in [-0.39, 0.29) is 10.6 Å². The van der Waals surface area contributed by atoms with Crippen LogP contribution in [0.4, 0.5) is 0 Å². The topological polar surface area (TPSA) is 108 Å². The minimum Gasteiger partial charge on any atom is -0.272 e. The molecule has 0 aliphatic carbocycles. The predicted molar refractivity (Wildman–Crippen MR) is 90.8 cm³/mol. The van der Waals surface area contributed by atoms with Crippen molar-refractivity contribution in [3.05, 3.63) is 59.9 Å². The average molecular weight is 362 g/mol. The molecule has 25 heavy (non-hydrogen) atoms. The van der Waals surface area contributed by atoms with E-state index < -0.39 is 28.4 Å². The summed E-state index contributed by atoms with van der Waals surface area (Å²) < 4.78 is 25.7. The van der Waals surface area contributed by atoms with Gasteiger partial charge in [0.2, 0.25) is 10.0 Å². The number of hydrazine groups is 1. The van der Waals surface area contributed by atoms with E-state index in [1.807, 2.05) is 6.92 Å². The minimum absolute atomic E-state index is 0.0888. The summed E-state index contributed by atoms with van der Waals surface area (Å²) in [7, 11) is -2.51. The summed E-state index contributed by atoms with van der Waals surface area (Å²) in [6.07, 6.45) is 1.44. The monoisotopic (exact) mass is 362 g/mol. The van der Waals surface area contributed by atoms with Crippen molar-refractivity contribution in [2.75, 3.05) is 13.6 Å².